The van der Waals surface area contributed by atoms with Gasteiger partial charge in [0.2, 0.25) is 5.91 Å². The predicted octanol–water partition coefficient (Wildman–Crippen LogP) is 3.82. The van der Waals surface area contributed by atoms with Gasteiger partial charge in [-0.15, -0.1) is 0 Å². The zero-order chi connectivity index (χ0) is 18.1. The highest BCUT2D eigenvalue weighted by Crippen LogP contribution is 2.23. The van der Waals surface area contributed by atoms with Crippen molar-refractivity contribution >= 4 is 5.91 Å². The van der Waals surface area contributed by atoms with Crippen LogP contribution in [0.3, 0.4) is 0 Å². The third-order valence-corrected chi connectivity index (χ3v) is 4.06. The molecule has 1 atom stereocenters. The summed E-state index contributed by atoms with van der Waals surface area (Å²) in [5, 5.41) is 20.1. The molecule has 2 rings (SSSR count). The fraction of sp³-hybridized carbons (Fsp3) is 0.286. The molecule has 0 heterocycles. The van der Waals surface area contributed by atoms with Crippen LogP contribution in [0.5, 0.6) is 0 Å². The van der Waals surface area contributed by atoms with Gasteiger partial charge in [0.05, 0.1) is 17.7 Å². The highest BCUT2D eigenvalue weighted by atomic mass is 16.1. The summed E-state index contributed by atoms with van der Waals surface area (Å²) < 4.78 is 0. The Kier molecular flexibility index (Phi) is 6.75. The van der Waals surface area contributed by atoms with Crippen molar-refractivity contribution in [2.75, 3.05) is 6.54 Å². The molecule has 2 aromatic rings. The summed E-state index contributed by atoms with van der Waals surface area (Å²) in [6, 6.07) is 20.0. The summed E-state index contributed by atoms with van der Waals surface area (Å²) in [6.45, 7) is 2.19. The van der Waals surface area contributed by atoms with Gasteiger partial charge in [-0.25, -0.2) is 0 Å². The third-order valence-electron chi connectivity index (χ3n) is 4.06. The molecular weight excluding hydrogens is 310 g/mol. The second-order valence-electron chi connectivity index (χ2n) is 6.18. The number of hydrogen-bond acceptors (Lipinski definition) is 3. The van der Waals surface area contributed by atoms with Crippen molar-refractivity contribution in [3.8, 4) is 23.3 Å². The molecule has 0 aliphatic carbocycles. The number of hydrogen-bond donors (Lipinski definition) is 1. The molecular formula is C21H21N3O. The van der Waals surface area contributed by atoms with E-state index in [4.69, 9.17) is 10.5 Å². The Morgan fingerprint density at radius 2 is 1.84 bits per heavy atom. The molecule has 0 aliphatic heterocycles. The number of carbonyl (C=O) groups is 1. The van der Waals surface area contributed by atoms with E-state index in [-0.39, 0.29) is 12.5 Å². The van der Waals surface area contributed by atoms with Crippen molar-refractivity contribution in [3.63, 3.8) is 0 Å². The van der Waals surface area contributed by atoms with Gasteiger partial charge >= 0.3 is 0 Å². The van der Waals surface area contributed by atoms with Gasteiger partial charge in [0, 0.05) is 6.42 Å². The highest BCUT2D eigenvalue weighted by Gasteiger charge is 2.08. The maximum absolute atomic E-state index is 11.6. The third kappa shape index (κ3) is 5.79. The lowest BCUT2D eigenvalue weighted by Crippen LogP contribution is -2.23. The molecule has 4 heteroatoms. The fourth-order valence-electron chi connectivity index (χ4n) is 2.75. The van der Waals surface area contributed by atoms with Crippen LogP contribution in [-0.4, -0.2) is 12.5 Å². The summed E-state index contributed by atoms with van der Waals surface area (Å²) in [5.74, 6) is 0.295. The van der Waals surface area contributed by atoms with Crippen LogP contribution in [0, 0.1) is 28.6 Å². The van der Waals surface area contributed by atoms with Crippen molar-refractivity contribution in [2.45, 2.75) is 26.2 Å². The first-order chi connectivity index (χ1) is 12.1. The van der Waals surface area contributed by atoms with Crippen molar-refractivity contribution in [2.24, 2.45) is 5.92 Å². The normalized spacial score (nSPS) is 11.2. The van der Waals surface area contributed by atoms with Crippen molar-refractivity contribution < 1.29 is 4.79 Å². The molecule has 0 aromatic heterocycles. The maximum Gasteiger partial charge on any atom is 0.220 e. The molecule has 0 aliphatic rings. The average Bonchev–Trinajstić information content (AvgIpc) is 2.65. The molecule has 4 nitrogen and oxygen atoms in total. The van der Waals surface area contributed by atoms with Gasteiger partial charge in [0.15, 0.2) is 0 Å². The van der Waals surface area contributed by atoms with Crippen LogP contribution in [0.1, 0.15) is 30.9 Å². The second kappa shape index (κ2) is 9.25. The number of rotatable bonds is 7. The average molecular weight is 331 g/mol. The molecule has 126 valence electrons. The fourth-order valence-corrected chi connectivity index (χ4v) is 2.75. The lowest BCUT2D eigenvalue weighted by Gasteiger charge is -2.12. The molecule has 0 saturated carbocycles. The van der Waals surface area contributed by atoms with Crippen LogP contribution in [0.2, 0.25) is 0 Å². The molecule has 1 N–H and O–H groups in total. The SMILES string of the molecule is CC(CCC(=O)NCC#N)Cc1cccc(-c2cccc(C#N)c2)c1. The lowest BCUT2D eigenvalue weighted by atomic mass is 9.94. The van der Waals surface area contributed by atoms with Gasteiger partial charge in [-0.3, -0.25) is 4.79 Å². The van der Waals surface area contributed by atoms with Crippen LogP contribution < -0.4 is 5.32 Å². The Bertz CT molecular complexity index is 814. The summed E-state index contributed by atoms with van der Waals surface area (Å²) >= 11 is 0. The van der Waals surface area contributed by atoms with Crippen molar-refractivity contribution in [3.05, 3.63) is 59.7 Å². The van der Waals surface area contributed by atoms with E-state index in [1.165, 1.54) is 5.56 Å². The van der Waals surface area contributed by atoms with Gasteiger partial charge < -0.3 is 5.32 Å². The minimum atomic E-state index is -0.0736. The van der Waals surface area contributed by atoms with Gasteiger partial charge in [0.25, 0.3) is 0 Å². The number of amides is 1. The summed E-state index contributed by atoms with van der Waals surface area (Å²) in [7, 11) is 0. The van der Waals surface area contributed by atoms with E-state index in [0.717, 1.165) is 24.0 Å². The second-order valence-corrected chi connectivity index (χ2v) is 6.18. The van der Waals surface area contributed by atoms with E-state index in [2.05, 4.69) is 30.4 Å². The molecule has 0 bridgehead atoms. The number of carbonyl (C=O) groups excluding carboxylic acids is 1. The first kappa shape index (κ1) is 18.2. The molecule has 0 radical (unpaired) electrons. The van der Waals surface area contributed by atoms with Crippen LogP contribution >= 0.6 is 0 Å². The van der Waals surface area contributed by atoms with E-state index < -0.39 is 0 Å². The highest BCUT2D eigenvalue weighted by molar-refractivity contribution is 5.76. The smallest absolute Gasteiger partial charge is 0.220 e. The molecule has 0 spiro atoms. The standard InChI is InChI=1S/C21H21N3O/c1-16(8-9-21(25)24-11-10-22)12-17-4-2-6-19(13-17)20-7-3-5-18(14-20)15-23/h2-7,13-14,16H,8-9,11-12H2,1H3,(H,24,25). The van der Waals surface area contributed by atoms with Crippen LogP contribution in [0.25, 0.3) is 11.1 Å². The molecule has 25 heavy (non-hydrogen) atoms. The van der Waals surface area contributed by atoms with Crippen LogP contribution in [-0.2, 0) is 11.2 Å². The van der Waals surface area contributed by atoms with E-state index in [1.54, 1.807) is 6.07 Å². The van der Waals surface area contributed by atoms with Gasteiger partial charge in [-0.05, 0) is 47.6 Å². The Hall–Kier alpha value is -3.11. The Morgan fingerprint density at radius 3 is 2.56 bits per heavy atom. The first-order valence-corrected chi connectivity index (χ1v) is 8.35. The topological polar surface area (TPSA) is 76.7 Å². The molecule has 1 amide bonds. The summed E-state index contributed by atoms with van der Waals surface area (Å²) in [6.07, 6.45) is 2.11. The van der Waals surface area contributed by atoms with E-state index in [0.29, 0.717) is 17.9 Å². The van der Waals surface area contributed by atoms with Crippen molar-refractivity contribution in [1.29, 1.82) is 10.5 Å². The van der Waals surface area contributed by atoms with E-state index in [9.17, 15) is 4.79 Å². The number of nitrogens with one attached hydrogen (secondary N) is 1. The molecule has 0 saturated heterocycles. The van der Waals surface area contributed by atoms with Gasteiger partial charge in [-0.2, -0.15) is 10.5 Å². The minimum absolute atomic E-state index is 0.0665. The first-order valence-electron chi connectivity index (χ1n) is 8.35. The minimum Gasteiger partial charge on any atom is -0.343 e. The maximum atomic E-state index is 11.6. The molecule has 1 unspecified atom stereocenters. The van der Waals surface area contributed by atoms with Crippen molar-refractivity contribution in [1.82, 2.24) is 5.32 Å². The lowest BCUT2D eigenvalue weighted by molar-refractivity contribution is -0.121. The summed E-state index contributed by atoms with van der Waals surface area (Å²) in [5.41, 5.74) is 3.99. The van der Waals surface area contributed by atoms with E-state index >= 15 is 0 Å². The number of nitriles is 2. The molecule has 0 fully saturated rings. The number of benzene rings is 2. The quantitative estimate of drug-likeness (QED) is 0.783. The van der Waals surface area contributed by atoms with Crippen LogP contribution in [0.4, 0.5) is 0 Å². The predicted molar refractivity (Wildman–Crippen MR) is 97.3 cm³/mol. The molecule has 2 aromatic carbocycles. The van der Waals surface area contributed by atoms with E-state index in [1.807, 2.05) is 36.4 Å². The Labute approximate surface area is 148 Å². The number of nitrogens with zero attached hydrogens (tertiary/aromatic N) is 2. The van der Waals surface area contributed by atoms with Crippen LogP contribution in [0.15, 0.2) is 48.5 Å². The van der Waals surface area contributed by atoms with Gasteiger partial charge in [-0.1, -0.05) is 43.3 Å². The Morgan fingerprint density at radius 1 is 1.12 bits per heavy atom. The zero-order valence-corrected chi connectivity index (χ0v) is 14.3. The monoisotopic (exact) mass is 331 g/mol. The zero-order valence-electron chi connectivity index (χ0n) is 14.3. The van der Waals surface area contributed by atoms with Gasteiger partial charge in [0.1, 0.15) is 6.54 Å². The largest absolute Gasteiger partial charge is 0.343 e. The summed E-state index contributed by atoms with van der Waals surface area (Å²) in [4.78, 5) is 11.6. The Balaban J connectivity index is 1.98.